The van der Waals surface area contributed by atoms with Gasteiger partial charge in [-0.1, -0.05) is 31.9 Å². The highest BCUT2D eigenvalue weighted by Crippen LogP contribution is 2.41. The van der Waals surface area contributed by atoms with Crippen molar-refractivity contribution >= 4 is 43.2 Å². The minimum Gasteiger partial charge on any atom is -0.360 e. The molecule has 3 rings (SSSR count). The predicted octanol–water partition coefficient (Wildman–Crippen LogP) is 5.69. The molecule has 0 spiro atoms. The minimum absolute atomic E-state index is 0.0880. The summed E-state index contributed by atoms with van der Waals surface area (Å²) in [6, 6.07) is 11.1. The van der Waals surface area contributed by atoms with E-state index in [1.165, 1.54) is 12.1 Å². The molecule has 0 aliphatic carbocycles. The highest BCUT2D eigenvalue weighted by atomic mass is 79.9. The minimum atomic E-state index is -0.485. The smallest absolute Gasteiger partial charge is 0.279 e. The largest absolute Gasteiger partial charge is 0.360 e. The maximum Gasteiger partial charge on any atom is 0.279 e. The van der Waals surface area contributed by atoms with Crippen LogP contribution in [0.3, 0.4) is 0 Å². The second-order valence-electron chi connectivity index (χ2n) is 5.10. The zero-order valence-corrected chi connectivity index (χ0v) is 15.6. The molecule has 0 saturated carbocycles. The van der Waals surface area contributed by atoms with Crippen LogP contribution in [-0.2, 0) is 0 Å². The molecular formula is C16H9Br2N3O4. The second kappa shape index (κ2) is 6.77. The van der Waals surface area contributed by atoms with Gasteiger partial charge in [-0.2, -0.15) is 0 Å². The highest BCUT2D eigenvalue weighted by Gasteiger charge is 2.24. The third-order valence-corrected chi connectivity index (χ3v) is 4.61. The van der Waals surface area contributed by atoms with Crippen molar-refractivity contribution in [1.82, 2.24) is 4.98 Å². The average molecular weight is 467 g/mol. The molecule has 0 unspecified atom stereocenters. The van der Waals surface area contributed by atoms with Crippen molar-refractivity contribution in [2.24, 2.45) is 0 Å². The SMILES string of the molecule is O=[N+]([O-])c1cc(Br)ccc1-c1cc[nH]c1-c1ccc(Br)cc1[N+](=O)[O-]. The lowest BCUT2D eigenvalue weighted by atomic mass is 9.99. The number of halogens is 2. The Labute approximate surface area is 158 Å². The highest BCUT2D eigenvalue weighted by molar-refractivity contribution is 9.10. The van der Waals surface area contributed by atoms with E-state index in [9.17, 15) is 20.2 Å². The van der Waals surface area contributed by atoms with Gasteiger partial charge >= 0.3 is 0 Å². The summed E-state index contributed by atoms with van der Waals surface area (Å²) in [6.45, 7) is 0. The Morgan fingerprint density at radius 2 is 1.28 bits per heavy atom. The Kier molecular flexibility index (Phi) is 4.69. The van der Waals surface area contributed by atoms with Gasteiger partial charge in [0.15, 0.2) is 0 Å². The molecule has 0 fully saturated rings. The number of nitrogens with one attached hydrogen (secondary N) is 1. The Hall–Kier alpha value is -2.52. The lowest BCUT2D eigenvalue weighted by Gasteiger charge is -2.07. The number of H-pyrrole nitrogens is 1. The van der Waals surface area contributed by atoms with Crippen molar-refractivity contribution in [2.75, 3.05) is 0 Å². The second-order valence-corrected chi connectivity index (χ2v) is 6.93. The van der Waals surface area contributed by atoms with Gasteiger partial charge in [0.05, 0.1) is 26.7 Å². The molecule has 1 N–H and O–H groups in total. The van der Waals surface area contributed by atoms with Gasteiger partial charge in [0, 0.05) is 32.8 Å². The van der Waals surface area contributed by atoms with E-state index >= 15 is 0 Å². The normalized spacial score (nSPS) is 10.6. The first kappa shape index (κ1) is 17.3. The molecule has 0 atom stereocenters. The van der Waals surface area contributed by atoms with Crippen LogP contribution in [0.4, 0.5) is 11.4 Å². The van der Waals surface area contributed by atoms with Gasteiger partial charge < -0.3 is 4.98 Å². The number of nitro benzene ring substituents is 2. The number of aromatic nitrogens is 1. The van der Waals surface area contributed by atoms with Gasteiger partial charge in [-0.3, -0.25) is 20.2 Å². The molecule has 7 nitrogen and oxygen atoms in total. The van der Waals surface area contributed by atoms with E-state index in [0.29, 0.717) is 31.3 Å². The van der Waals surface area contributed by atoms with Gasteiger partial charge in [0.25, 0.3) is 11.4 Å². The number of benzene rings is 2. The monoisotopic (exact) mass is 465 g/mol. The standard InChI is InChI=1S/C16H9Br2N3O4/c17-9-1-3-11(14(7-9)20(22)23)12-5-6-19-16(12)13-4-2-10(18)8-15(13)21(24)25/h1-8,19H. The summed E-state index contributed by atoms with van der Waals surface area (Å²) in [6.07, 6.45) is 1.60. The third-order valence-electron chi connectivity index (χ3n) is 3.62. The molecule has 126 valence electrons. The number of nitro groups is 2. The van der Waals surface area contributed by atoms with Crippen molar-refractivity contribution in [3.63, 3.8) is 0 Å². The first-order valence-corrected chi connectivity index (χ1v) is 8.53. The van der Waals surface area contributed by atoms with Gasteiger partial charge in [-0.15, -0.1) is 0 Å². The number of aromatic amines is 1. The Morgan fingerprint density at radius 3 is 1.84 bits per heavy atom. The van der Waals surface area contributed by atoms with Crippen molar-refractivity contribution in [3.8, 4) is 22.4 Å². The van der Waals surface area contributed by atoms with Crippen LogP contribution in [0.1, 0.15) is 0 Å². The lowest BCUT2D eigenvalue weighted by molar-refractivity contribution is -0.384. The maximum absolute atomic E-state index is 11.4. The molecule has 25 heavy (non-hydrogen) atoms. The average Bonchev–Trinajstić information content (AvgIpc) is 3.03. The maximum atomic E-state index is 11.4. The first-order chi connectivity index (χ1) is 11.9. The van der Waals surface area contributed by atoms with E-state index in [1.54, 1.807) is 36.5 Å². The summed E-state index contributed by atoms with van der Waals surface area (Å²) in [5, 5.41) is 22.8. The molecule has 0 bridgehead atoms. The summed E-state index contributed by atoms with van der Waals surface area (Å²) in [7, 11) is 0. The van der Waals surface area contributed by atoms with Crippen molar-refractivity contribution in [1.29, 1.82) is 0 Å². The summed E-state index contributed by atoms with van der Waals surface area (Å²) in [5.41, 5.74) is 1.51. The van der Waals surface area contributed by atoms with Crippen LogP contribution < -0.4 is 0 Å². The molecule has 0 saturated heterocycles. The van der Waals surface area contributed by atoms with Crippen LogP contribution in [-0.4, -0.2) is 14.8 Å². The number of nitrogens with zero attached hydrogens (tertiary/aromatic N) is 2. The van der Waals surface area contributed by atoms with Crippen LogP contribution in [0.5, 0.6) is 0 Å². The van der Waals surface area contributed by atoms with E-state index in [2.05, 4.69) is 36.8 Å². The van der Waals surface area contributed by atoms with E-state index in [1.807, 2.05) is 0 Å². The van der Waals surface area contributed by atoms with Gasteiger partial charge in [0.1, 0.15) is 0 Å². The third kappa shape index (κ3) is 3.33. The molecule has 1 heterocycles. The van der Waals surface area contributed by atoms with E-state index in [-0.39, 0.29) is 11.4 Å². The quantitative estimate of drug-likeness (QED) is 0.394. The van der Waals surface area contributed by atoms with E-state index in [4.69, 9.17) is 0 Å². The fourth-order valence-corrected chi connectivity index (χ4v) is 3.27. The van der Waals surface area contributed by atoms with Crippen molar-refractivity contribution < 1.29 is 9.85 Å². The molecule has 0 amide bonds. The predicted molar refractivity (Wildman–Crippen MR) is 100 cm³/mol. The van der Waals surface area contributed by atoms with E-state index in [0.717, 1.165) is 0 Å². The van der Waals surface area contributed by atoms with Crippen molar-refractivity contribution in [3.05, 3.63) is 77.8 Å². The van der Waals surface area contributed by atoms with Crippen LogP contribution >= 0.6 is 31.9 Å². The van der Waals surface area contributed by atoms with Crippen LogP contribution in [0.15, 0.2) is 57.6 Å². The Balaban J connectivity index is 2.25. The van der Waals surface area contributed by atoms with Crippen LogP contribution in [0.2, 0.25) is 0 Å². The van der Waals surface area contributed by atoms with Crippen LogP contribution in [0, 0.1) is 20.2 Å². The molecule has 3 aromatic rings. The first-order valence-electron chi connectivity index (χ1n) is 6.94. The fraction of sp³-hybridized carbons (Fsp3) is 0. The van der Waals surface area contributed by atoms with Gasteiger partial charge in [-0.05, 0) is 30.3 Å². The topological polar surface area (TPSA) is 102 Å². The summed E-state index contributed by atoms with van der Waals surface area (Å²) < 4.78 is 1.15. The number of rotatable bonds is 4. The molecule has 9 heteroatoms. The van der Waals surface area contributed by atoms with Crippen LogP contribution in [0.25, 0.3) is 22.4 Å². The summed E-state index contributed by atoms with van der Waals surface area (Å²) in [5.74, 6) is 0. The molecule has 0 radical (unpaired) electrons. The number of hydrogen-bond acceptors (Lipinski definition) is 4. The summed E-state index contributed by atoms with van der Waals surface area (Å²) in [4.78, 5) is 24.8. The van der Waals surface area contributed by atoms with Gasteiger partial charge in [0.2, 0.25) is 0 Å². The molecule has 1 aromatic heterocycles. The lowest BCUT2D eigenvalue weighted by Crippen LogP contribution is -1.95. The summed E-state index contributed by atoms with van der Waals surface area (Å²) >= 11 is 6.44. The molecule has 0 aliphatic heterocycles. The molecule has 0 aliphatic rings. The zero-order chi connectivity index (χ0) is 18.1. The van der Waals surface area contributed by atoms with Gasteiger partial charge in [-0.25, -0.2) is 0 Å². The Morgan fingerprint density at radius 1 is 0.760 bits per heavy atom. The Bertz CT molecular complexity index is 923. The zero-order valence-electron chi connectivity index (χ0n) is 12.4. The number of hydrogen-bond donors (Lipinski definition) is 1. The molecular weight excluding hydrogens is 458 g/mol. The molecule has 2 aromatic carbocycles. The van der Waals surface area contributed by atoms with Crippen molar-refractivity contribution in [2.45, 2.75) is 0 Å². The fourth-order valence-electron chi connectivity index (χ4n) is 2.57. The van der Waals surface area contributed by atoms with E-state index < -0.39 is 9.85 Å².